The molecule has 0 atom stereocenters. The molecular formula is C26H36Br2. The minimum absolute atomic E-state index is 0.657. The molecule has 0 N–H and O–H groups in total. The number of halogens is 2. The molecule has 0 aliphatic rings. The van der Waals surface area contributed by atoms with Gasteiger partial charge in [-0.3, -0.25) is 0 Å². The van der Waals surface area contributed by atoms with Crippen LogP contribution in [-0.4, -0.2) is 0 Å². The van der Waals surface area contributed by atoms with Crippen molar-refractivity contribution in [2.24, 2.45) is 0 Å². The normalized spacial score (nSPS) is 11.4. The first-order valence-corrected chi connectivity index (χ1v) is 12.7. The highest BCUT2D eigenvalue weighted by Gasteiger charge is 2.18. The third kappa shape index (κ3) is 7.34. The van der Waals surface area contributed by atoms with Gasteiger partial charge in [-0.1, -0.05) is 109 Å². The van der Waals surface area contributed by atoms with Crippen molar-refractivity contribution in [2.75, 3.05) is 0 Å². The molecule has 0 amide bonds. The monoisotopic (exact) mass is 506 g/mol. The fourth-order valence-corrected chi connectivity index (χ4v) is 4.99. The highest BCUT2D eigenvalue weighted by molar-refractivity contribution is 9.10. The number of unbranched alkanes of at least 4 members (excludes halogenated alkanes) is 6. The largest absolute Gasteiger partial charge is 0.0654 e. The molecule has 28 heavy (non-hydrogen) atoms. The highest BCUT2D eigenvalue weighted by atomic mass is 79.9. The van der Waals surface area contributed by atoms with Crippen LogP contribution in [0.15, 0.2) is 45.3 Å². The second kappa shape index (κ2) is 12.9. The van der Waals surface area contributed by atoms with Gasteiger partial charge in [0.2, 0.25) is 0 Å². The van der Waals surface area contributed by atoms with Crippen LogP contribution < -0.4 is 0 Å². The van der Waals surface area contributed by atoms with Crippen LogP contribution in [0.3, 0.4) is 0 Å². The van der Waals surface area contributed by atoms with Crippen molar-refractivity contribution < 1.29 is 0 Å². The van der Waals surface area contributed by atoms with Gasteiger partial charge >= 0.3 is 0 Å². The van der Waals surface area contributed by atoms with Crippen LogP contribution in [0, 0.1) is 6.92 Å². The third-order valence-electron chi connectivity index (χ3n) is 5.74. The van der Waals surface area contributed by atoms with Gasteiger partial charge < -0.3 is 0 Å². The zero-order valence-corrected chi connectivity index (χ0v) is 21.0. The Balaban J connectivity index is 2.32. The molecule has 0 saturated heterocycles. The average molecular weight is 508 g/mol. The molecule has 0 heterocycles. The van der Waals surface area contributed by atoms with Crippen LogP contribution in [0.2, 0.25) is 0 Å². The van der Waals surface area contributed by atoms with Gasteiger partial charge in [0.25, 0.3) is 0 Å². The fraction of sp³-hybridized carbons (Fsp3) is 0.538. The second-order valence-electron chi connectivity index (χ2n) is 8.09. The summed E-state index contributed by atoms with van der Waals surface area (Å²) in [5, 5.41) is 0. The SMILES string of the molecule is CCCCCCC(CCCCCC)c1cc(Br)ccc1-c1ccc(Br)cc1C. The van der Waals surface area contributed by atoms with E-state index in [1.807, 2.05) is 0 Å². The zero-order valence-electron chi connectivity index (χ0n) is 17.9. The van der Waals surface area contributed by atoms with Gasteiger partial charge in [0, 0.05) is 8.95 Å². The number of hydrogen-bond acceptors (Lipinski definition) is 0. The predicted molar refractivity (Wildman–Crippen MR) is 132 cm³/mol. The van der Waals surface area contributed by atoms with E-state index >= 15 is 0 Å². The zero-order chi connectivity index (χ0) is 20.4. The number of aryl methyl sites for hydroxylation is 1. The molecule has 2 aromatic carbocycles. The van der Waals surface area contributed by atoms with Crippen molar-refractivity contribution in [3.63, 3.8) is 0 Å². The Morgan fingerprint density at radius 1 is 0.679 bits per heavy atom. The van der Waals surface area contributed by atoms with Crippen LogP contribution in [0.4, 0.5) is 0 Å². The molecule has 0 nitrogen and oxygen atoms in total. The summed E-state index contributed by atoms with van der Waals surface area (Å²) in [6, 6.07) is 13.6. The van der Waals surface area contributed by atoms with Crippen LogP contribution in [0.1, 0.15) is 95.1 Å². The van der Waals surface area contributed by atoms with E-state index in [9.17, 15) is 0 Å². The fourth-order valence-electron chi connectivity index (χ4n) is 4.14. The Kier molecular flexibility index (Phi) is 10.9. The lowest BCUT2D eigenvalue weighted by Crippen LogP contribution is -2.03. The van der Waals surface area contributed by atoms with Crippen LogP contribution in [0.5, 0.6) is 0 Å². The van der Waals surface area contributed by atoms with E-state index in [0.717, 1.165) is 4.47 Å². The average Bonchev–Trinajstić information content (AvgIpc) is 2.67. The molecule has 0 bridgehead atoms. The molecule has 0 saturated carbocycles. The minimum atomic E-state index is 0.657. The summed E-state index contributed by atoms with van der Waals surface area (Å²) in [7, 11) is 0. The molecule has 2 rings (SSSR count). The number of hydrogen-bond donors (Lipinski definition) is 0. The Morgan fingerprint density at radius 3 is 1.75 bits per heavy atom. The smallest absolute Gasteiger partial charge is 0.0178 e. The third-order valence-corrected chi connectivity index (χ3v) is 6.73. The summed E-state index contributed by atoms with van der Waals surface area (Å²) in [5.74, 6) is 0.657. The first-order valence-electron chi connectivity index (χ1n) is 11.1. The summed E-state index contributed by atoms with van der Waals surface area (Å²) in [4.78, 5) is 0. The van der Waals surface area contributed by atoms with Crippen LogP contribution in [0.25, 0.3) is 11.1 Å². The van der Waals surface area contributed by atoms with Gasteiger partial charge in [0.15, 0.2) is 0 Å². The first kappa shape index (κ1) is 23.7. The van der Waals surface area contributed by atoms with Gasteiger partial charge in [0.05, 0.1) is 0 Å². The summed E-state index contributed by atoms with van der Waals surface area (Å²) in [5.41, 5.74) is 5.67. The summed E-state index contributed by atoms with van der Waals surface area (Å²) >= 11 is 7.36. The molecule has 0 aliphatic heterocycles. The van der Waals surface area contributed by atoms with Gasteiger partial charge in [-0.2, -0.15) is 0 Å². The van der Waals surface area contributed by atoms with E-state index in [4.69, 9.17) is 0 Å². The summed E-state index contributed by atoms with van der Waals surface area (Å²) < 4.78 is 2.36. The van der Waals surface area contributed by atoms with Crippen LogP contribution in [-0.2, 0) is 0 Å². The van der Waals surface area contributed by atoms with E-state index in [0.29, 0.717) is 5.92 Å². The predicted octanol–water partition coefficient (Wildman–Crippen LogP) is 10.2. The van der Waals surface area contributed by atoms with Gasteiger partial charge in [-0.15, -0.1) is 0 Å². The maximum Gasteiger partial charge on any atom is 0.0178 e. The topological polar surface area (TPSA) is 0 Å². The molecule has 0 radical (unpaired) electrons. The molecule has 2 aromatic rings. The summed E-state index contributed by atoms with van der Waals surface area (Å²) in [6.07, 6.45) is 13.4. The Morgan fingerprint density at radius 2 is 1.21 bits per heavy atom. The second-order valence-corrected chi connectivity index (χ2v) is 9.92. The van der Waals surface area contributed by atoms with Crippen molar-refractivity contribution in [1.29, 1.82) is 0 Å². The highest BCUT2D eigenvalue weighted by Crippen LogP contribution is 2.39. The summed E-state index contributed by atoms with van der Waals surface area (Å²) in [6.45, 7) is 6.82. The van der Waals surface area contributed by atoms with Gasteiger partial charge in [-0.05, 0) is 72.2 Å². The van der Waals surface area contributed by atoms with E-state index < -0.39 is 0 Å². The van der Waals surface area contributed by atoms with Gasteiger partial charge in [0.1, 0.15) is 0 Å². The molecule has 2 heteroatoms. The molecule has 0 unspecified atom stereocenters. The van der Waals surface area contributed by atoms with Crippen molar-refractivity contribution in [3.8, 4) is 11.1 Å². The Hall–Kier alpha value is -0.600. The number of rotatable bonds is 12. The molecule has 0 aromatic heterocycles. The maximum atomic E-state index is 3.75. The van der Waals surface area contributed by atoms with E-state index in [2.05, 4.69) is 89.0 Å². The van der Waals surface area contributed by atoms with Crippen molar-refractivity contribution in [2.45, 2.75) is 90.9 Å². The van der Waals surface area contributed by atoms with E-state index in [1.165, 1.54) is 90.9 Å². The van der Waals surface area contributed by atoms with E-state index in [-0.39, 0.29) is 0 Å². The standard InChI is InChI=1S/C26H36Br2/c1-4-6-8-10-12-21(13-11-9-7-5-2)26-19-23(28)15-17-25(26)24-16-14-22(27)18-20(24)3/h14-19,21H,4-13H2,1-3H3. The Labute approximate surface area is 189 Å². The lowest BCUT2D eigenvalue weighted by molar-refractivity contribution is 0.497. The van der Waals surface area contributed by atoms with Crippen molar-refractivity contribution in [1.82, 2.24) is 0 Å². The van der Waals surface area contributed by atoms with Crippen LogP contribution >= 0.6 is 31.9 Å². The van der Waals surface area contributed by atoms with Crippen molar-refractivity contribution >= 4 is 31.9 Å². The maximum absolute atomic E-state index is 3.75. The molecule has 0 aliphatic carbocycles. The lowest BCUT2D eigenvalue weighted by Gasteiger charge is -2.22. The number of benzene rings is 2. The first-order chi connectivity index (χ1) is 13.6. The molecular weight excluding hydrogens is 472 g/mol. The lowest BCUT2D eigenvalue weighted by atomic mass is 9.83. The molecule has 0 spiro atoms. The molecule has 0 fully saturated rings. The van der Waals surface area contributed by atoms with Gasteiger partial charge in [-0.25, -0.2) is 0 Å². The van der Waals surface area contributed by atoms with Crippen molar-refractivity contribution in [3.05, 3.63) is 56.5 Å². The quantitative estimate of drug-likeness (QED) is 0.250. The van der Waals surface area contributed by atoms with E-state index in [1.54, 1.807) is 0 Å². The minimum Gasteiger partial charge on any atom is -0.0654 e. The Bertz CT molecular complexity index is 708. The molecule has 154 valence electrons.